The molecule has 1 aliphatic heterocycles. The van der Waals surface area contributed by atoms with Crippen molar-refractivity contribution in [2.24, 2.45) is 5.92 Å². The predicted molar refractivity (Wildman–Crippen MR) is 70.6 cm³/mol. The van der Waals surface area contributed by atoms with Crippen molar-refractivity contribution in [3.05, 3.63) is 0 Å². The van der Waals surface area contributed by atoms with Crippen LogP contribution in [-0.4, -0.2) is 36.3 Å². The number of hydroxylamine groups is 2. The van der Waals surface area contributed by atoms with Crippen molar-refractivity contribution in [3.8, 4) is 0 Å². The van der Waals surface area contributed by atoms with Gasteiger partial charge in [-0.3, -0.25) is 4.84 Å². The highest BCUT2D eigenvalue weighted by Crippen LogP contribution is 2.43. The minimum absolute atomic E-state index is 0.176. The summed E-state index contributed by atoms with van der Waals surface area (Å²) in [7, 11) is 4.07. The van der Waals surface area contributed by atoms with Gasteiger partial charge in [0, 0.05) is 14.1 Å². The van der Waals surface area contributed by atoms with Gasteiger partial charge in [0.05, 0.1) is 5.60 Å². The van der Waals surface area contributed by atoms with Crippen molar-refractivity contribution in [1.82, 2.24) is 5.06 Å². The molecule has 0 aromatic rings. The molecule has 2 nitrogen and oxygen atoms in total. The van der Waals surface area contributed by atoms with Gasteiger partial charge in [-0.2, -0.15) is 16.8 Å². The molecule has 1 saturated carbocycles. The SMILES string of the molecule is CN(C)OC1(C2CCCCC2)CCSCC1. The zero-order chi connectivity index (χ0) is 11.4. The van der Waals surface area contributed by atoms with E-state index in [2.05, 4.69) is 11.8 Å². The lowest BCUT2D eigenvalue weighted by molar-refractivity contribution is -0.248. The van der Waals surface area contributed by atoms with Crippen LogP contribution in [0.25, 0.3) is 0 Å². The fourth-order valence-corrected chi connectivity index (χ4v) is 4.47. The molecule has 3 heteroatoms. The van der Waals surface area contributed by atoms with E-state index in [-0.39, 0.29) is 5.60 Å². The Bertz CT molecular complexity index is 208. The highest BCUT2D eigenvalue weighted by molar-refractivity contribution is 7.99. The molecule has 0 N–H and O–H groups in total. The third-order valence-corrected chi connectivity index (χ3v) is 5.04. The quantitative estimate of drug-likeness (QED) is 0.706. The lowest BCUT2D eigenvalue weighted by atomic mass is 9.74. The lowest BCUT2D eigenvalue weighted by Gasteiger charge is -2.45. The van der Waals surface area contributed by atoms with Gasteiger partial charge < -0.3 is 0 Å². The zero-order valence-electron chi connectivity index (χ0n) is 10.7. The van der Waals surface area contributed by atoms with Gasteiger partial charge in [0.2, 0.25) is 0 Å². The van der Waals surface area contributed by atoms with Crippen LogP contribution in [0.15, 0.2) is 0 Å². The maximum absolute atomic E-state index is 6.24. The van der Waals surface area contributed by atoms with Crippen LogP contribution in [0, 0.1) is 5.92 Å². The monoisotopic (exact) mass is 243 g/mol. The van der Waals surface area contributed by atoms with Gasteiger partial charge in [0.15, 0.2) is 0 Å². The Morgan fingerprint density at radius 3 is 2.25 bits per heavy atom. The van der Waals surface area contributed by atoms with Crippen LogP contribution in [0.5, 0.6) is 0 Å². The Hall–Kier alpha value is 0.270. The third-order valence-electron chi connectivity index (χ3n) is 4.05. The molecule has 1 heterocycles. The van der Waals surface area contributed by atoms with Crippen molar-refractivity contribution in [2.45, 2.75) is 50.5 Å². The van der Waals surface area contributed by atoms with Crippen LogP contribution < -0.4 is 0 Å². The molecule has 1 aliphatic carbocycles. The van der Waals surface area contributed by atoms with Crippen LogP contribution in [0.4, 0.5) is 0 Å². The van der Waals surface area contributed by atoms with Gasteiger partial charge in [-0.05, 0) is 43.1 Å². The number of thioether (sulfide) groups is 1. The summed E-state index contributed by atoms with van der Waals surface area (Å²) in [5, 5.41) is 1.94. The first-order chi connectivity index (χ1) is 7.73. The highest BCUT2D eigenvalue weighted by Gasteiger charge is 2.42. The van der Waals surface area contributed by atoms with Crippen molar-refractivity contribution < 1.29 is 4.84 Å². The first kappa shape index (κ1) is 12.7. The van der Waals surface area contributed by atoms with E-state index < -0.39 is 0 Å². The Labute approximate surface area is 104 Å². The van der Waals surface area contributed by atoms with Gasteiger partial charge in [0.25, 0.3) is 0 Å². The largest absolute Gasteiger partial charge is 0.293 e. The molecule has 2 aliphatic rings. The average Bonchev–Trinajstić information content (AvgIpc) is 2.30. The van der Waals surface area contributed by atoms with Crippen LogP contribution in [0.3, 0.4) is 0 Å². The molecule has 16 heavy (non-hydrogen) atoms. The summed E-state index contributed by atoms with van der Waals surface area (Å²) in [6, 6.07) is 0. The number of hydrogen-bond acceptors (Lipinski definition) is 3. The normalized spacial score (nSPS) is 27.2. The maximum Gasteiger partial charge on any atom is 0.0943 e. The van der Waals surface area contributed by atoms with E-state index in [0.29, 0.717) is 0 Å². The molecular weight excluding hydrogens is 218 g/mol. The Morgan fingerprint density at radius 1 is 1.06 bits per heavy atom. The molecule has 2 fully saturated rings. The van der Waals surface area contributed by atoms with Gasteiger partial charge in [-0.25, -0.2) is 0 Å². The molecule has 0 aromatic heterocycles. The molecule has 2 rings (SSSR count). The predicted octanol–water partition coefficient (Wildman–Crippen LogP) is 3.33. The second kappa shape index (κ2) is 5.74. The summed E-state index contributed by atoms with van der Waals surface area (Å²) < 4.78 is 0. The van der Waals surface area contributed by atoms with E-state index >= 15 is 0 Å². The Kier molecular flexibility index (Phi) is 4.57. The number of nitrogens with zero attached hydrogens (tertiary/aromatic N) is 1. The Balaban J connectivity index is 2.05. The summed E-state index contributed by atoms with van der Waals surface area (Å²) in [4.78, 5) is 6.24. The van der Waals surface area contributed by atoms with Crippen molar-refractivity contribution >= 4 is 11.8 Å². The minimum Gasteiger partial charge on any atom is -0.293 e. The third kappa shape index (κ3) is 2.93. The smallest absolute Gasteiger partial charge is 0.0943 e. The molecule has 0 aromatic carbocycles. The number of rotatable bonds is 3. The Morgan fingerprint density at radius 2 is 1.69 bits per heavy atom. The summed E-state index contributed by atoms with van der Waals surface area (Å²) in [6.07, 6.45) is 9.54. The fraction of sp³-hybridized carbons (Fsp3) is 1.00. The standard InChI is InChI=1S/C13H25NOS/c1-14(2)15-13(8-10-16-11-9-13)12-6-4-3-5-7-12/h12H,3-11H2,1-2H3. The number of hydrogen-bond donors (Lipinski definition) is 0. The van der Waals surface area contributed by atoms with Gasteiger partial charge in [-0.1, -0.05) is 19.3 Å². The molecule has 0 unspecified atom stereocenters. The van der Waals surface area contributed by atoms with Crippen LogP contribution in [0.1, 0.15) is 44.9 Å². The summed E-state index contributed by atoms with van der Waals surface area (Å²) in [5.41, 5.74) is 0.176. The molecule has 1 saturated heterocycles. The minimum atomic E-state index is 0.176. The average molecular weight is 243 g/mol. The van der Waals surface area contributed by atoms with Crippen molar-refractivity contribution in [1.29, 1.82) is 0 Å². The second-order valence-corrected chi connectivity index (χ2v) is 6.64. The summed E-state index contributed by atoms with van der Waals surface area (Å²) in [5.74, 6) is 3.37. The zero-order valence-corrected chi connectivity index (χ0v) is 11.5. The molecule has 0 amide bonds. The second-order valence-electron chi connectivity index (χ2n) is 5.42. The van der Waals surface area contributed by atoms with E-state index in [1.165, 1.54) is 56.5 Å². The van der Waals surface area contributed by atoms with E-state index in [1.54, 1.807) is 0 Å². The molecule has 0 atom stereocenters. The van der Waals surface area contributed by atoms with Crippen molar-refractivity contribution in [3.63, 3.8) is 0 Å². The van der Waals surface area contributed by atoms with Crippen LogP contribution in [0.2, 0.25) is 0 Å². The fourth-order valence-electron chi connectivity index (χ4n) is 3.28. The first-order valence-electron chi connectivity index (χ1n) is 6.67. The molecule has 0 bridgehead atoms. The van der Waals surface area contributed by atoms with Gasteiger partial charge in [0.1, 0.15) is 0 Å². The van der Waals surface area contributed by atoms with Crippen molar-refractivity contribution in [2.75, 3.05) is 25.6 Å². The summed E-state index contributed by atoms with van der Waals surface area (Å²) in [6.45, 7) is 0. The topological polar surface area (TPSA) is 12.5 Å². The lowest BCUT2D eigenvalue weighted by Crippen LogP contribution is -2.47. The highest BCUT2D eigenvalue weighted by atomic mass is 32.2. The molecule has 0 radical (unpaired) electrons. The van der Waals surface area contributed by atoms with Gasteiger partial charge >= 0.3 is 0 Å². The molecule has 0 spiro atoms. The van der Waals surface area contributed by atoms with Gasteiger partial charge in [-0.15, -0.1) is 0 Å². The van der Waals surface area contributed by atoms with Crippen LogP contribution in [-0.2, 0) is 4.84 Å². The van der Waals surface area contributed by atoms with Crippen LogP contribution >= 0.6 is 11.8 Å². The van der Waals surface area contributed by atoms with E-state index in [4.69, 9.17) is 4.84 Å². The van der Waals surface area contributed by atoms with E-state index in [0.717, 1.165) is 5.92 Å². The maximum atomic E-state index is 6.24. The summed E-state index contributed by atoms with van der Waals surface area (Å²) >= 11 is 2.09. The molecule has 94 valence electrons. The molecular formula is C13H25NOS. The first-order valence-corrected chi connectivity index (χ1v) is 7.83. The van der Waals surface area contributed by atoms with E-state index in [9.17, 15) is 0 Å². The van der Waals surface area contributed by atoms with E-state index in [1.807, 2.05) is 19.2 Å².